The highest BCUT2D eigenvalue weighted by Gasteiger charge is 2.08. The van der Waals surface area contributed by atoms with E-state index in [4.69, 9.17) is 5.26 Å². The Kier molecular flexibility index (Phi) is 2.34. The standard InChI is InChI=1S/C12H8N2O/c13-8-11-12(15)10(6-7-14-11)9-4-2-1-3-5-9/h1-7,15H. The molecular weight excluding hydrogens is 188 g/mol. The highest BCUT2D eigenvalue weighted by molar-refractivity contribution is 5.71. The van der Waals surface area contributed by atoms with Gasteiger partial charge in [0.05, 0.1) is 0 Å². The smallest absolute Gasteiger partial charge is 0.182 e. The van der Waals surface area contributed by atoms with Gasteiger partial charge in [-0.25, -0.2) is 4.98 Å². The van der Waals surface area contributed by atoms with Crippen molar-refractivity contribution >= 4 is 0 Å². The van der Waals surface area contributed by atoms with Gasteiger partial charge in [0.25, 0.3) is 0 Å². The summed E-state index contributed by atoms with van der Waals surface area (Å²) in [5, 5.41) is 18.5. The molecule has 0 aliphatic rings. The third-order valence-electron chi connectivity index (χ3n) is 2.11. The second-order valence-electron chi connectivity index (χ2n) is 3.03. The van der Waals surface area contributed by atoms with Crippen molar-refractivity contribution in [1.82, 2.24) is 4.98 Å². The molecule has 0 amide bonds. The van der Waals surface area contributed by atoms with Gasteiger partial charge in [0.1, 0.15) is 6.07 Å². The molecule has 0 radical (unpaired) electrons. The van der Waals surface area contributed by atoms with Crippen LogP contribution in [0, 0.1) is 11.3 Å². The van der Waals surface area contributed by atoms with Crippen molar-refractivity contribution in [3.63, 3.8) is 0 Å². The summed E-state index contributed by atoms with van der Waals surface area (Å²) in [6.45, 7) is 0. The SMILES string of the molecule is N#Cc1nccc(-c2ccccc2)c1O. The van der Waals surface area contributed by atoms with Gasteiger partial charge in [0.15, 0.2) is 11.4 Å². The molecule has 72 valence electrons. The fourth-order valence-corrected chi connectivity index (χ4v) is 1.39. The molecule has 3 nitrogen and oxygen atoms in total. The second kappa shape index (κ2) is 3.81. The van der Waals surface area contributed by atoms with Crippen LogP contribution in [-0.2, 0) is 0 Å². The number of rotatable bonds is 1. The largest absolute Gasteiger partial charge is 0.504 e. The molecule has 2 rings (SSSR count). The molecule has 3 heteroatoms. The van der Waals surface area contributed by atoms with Gasteiger partial charge >= 0.3 is 0 Å². The van der Waals surface area contributed by atoms with Gasteiger partial charge in [-0.15, -0.1) is 0 Å². The first kappa shape index (κ1) is 9.22. The van der Waals surface area contributed by atoms with Crippen LogP contribution >= 0.6 is 0 Å². The summed E-state index contributed by atoms with van der Waals surface area (Å²) >= 11 is 0. The first-order valence-corrected chi connectivity index (χ1v) is 4.46. The van der Waals surface area contributed by atoms with Gasteiger partial charge < -0.3 is 5.11 Å². The van der Waals surface area contributed by atoms with E-state index in [0.717, 1.165) is 5.56 Å². The van der Waals surface area contributed by atoms with E-state index in [2.05, 4.69) is 4.98 Å². The van der Waals surface area contributed by atoms with Gasteiger partial charge in [-0.3, -0.25) is 0 Å². The van der Waals surface area contributed by atoms with E-state index >= 15 is 0 Å². The van der Waals surface area contributed by atoms with Gasteiger partial charge in [-0.05, 0) is 11.6 Å². The first-order valence-electron chi connectivity index (χ1n) is 4.46. The van der Waals surface area contributed by atoms with E-state index in [0.29, 0.717) is 5.56 Å². The molecule has 1 N–H and O–H groups in total. The maximum atomic E-state index is 9.76. The van der Waals surface area contributed by atoms with E-state index in [9.17, 15) is 5.11 Å². The van der Waals surface area contributed by atoms with E-state index < -0.39 is 0 Å². The van der Waals surface area contributed by atoms with Crippen LogP contribution in [0.3, 0.4) is 0 Å². The van der Waals surface area contributed by atoms with E-state index in [1.54, 1.807) is 6.07 Å². The number of hydrogen-bond donors (Lipinski definition) is 1. The van der Waals surface area contributed by atoms with E-state index in [1.807, 2.05) is 36.4 Å². The van der Waals surface area contributed by atoms with Crippen molar-refractivity contribution in [3.05, 3.63) is 48.3 Å². The van der Waals surface area contributed by atoms with Gasteiger partial charge in [-0.2, -0.15) is 5.26 Å². The van der Waals surface area contributed by atoms with E-state index in [1.165, 1.54) is 6.20 Å². The fraction of sp³-hybridized carbons (Fsp3) is 0. The van der Waals surface area contributed by atoms with Crippen molar-refractivity contribution in [2.24, 2.45) is 0 Å². The van der Waals surface area contributed by atoms with Crippen molar-refractivity contribution in [2.75, 3.05) is 0 Å². The van der Waals surface area contributed by atoms with Crippen molar-refractivity contribution in [3.8, 4) is 22.9 Å². The predicted octanol–water partition coefficient (Wildman–Crippen LogP) is 2.33. The van der Waals surface area contributed by atoms with Gasteiger partial charge in [0.2, 0.25) is 0 Å². The van der Waals surface area contributed by atoms with Crippen LogP contribution < -0.4 is 0 Å². The molecule has 1 heterocycles. The number of hydrogen-bond acceptors (Lipinski definition) is 3. The number of pyridine rings is 1. The summed E-state index contributed by atoms with van der Waals surface area (Å²) in [6.07, 6.45) is 1.51. The van der Waals surface area contributed by atoms with E-state index in [-0.39, 0.29) is 11.4 Å². The topological polar surface area (TPSA) is 56.9 Å². The van der Waals surface area contributed by atoms with Crippen LogP contribution in [-0.4, -0.2) is 10.1 Å². The molecule has 1 aromatic carbocycles. The molecular formula is C12H8N2O. The zero-order chi connectivity index (χ0) is 10.7. The zero-order valence-electron chi connectivity index (χ0n) is 7.88. The lowest BCUT2D eigenvalue weighted by molar-refractivity contribution is 0.472. The lowest BCUT2D eigenvalue weighted by atomic mass is 10.1. The van der Waals surface area contributed by atoms with Crippen molar-refractivity contribution in [1.29, 1.82) is 5.26 Å². The monoisotopic (exact) mass is 196 g/mol. The first-order chi connectivity index (χ1) is 7.33. The van der Waals surface area contributed by atoms with Crippen LogP contribution in [0.5, 0.6) is 5.75 Å². The Morgan fingerprint density at radius 3 is 2.53 bits per heavy atom. The summed E-state index contributed by atoms with van der Waals surface area (Å²) in [5.41, 5.74) is 1.55. The Morgan fingerprint density at radius 1 is 1.13 bits per heavy atom. The Bertz CT molecular complexity index is 515. The lowest BCUT2D eigenvalue weighted by Gasteiger charge is -2.04. The van der Waals surface area contributed by atoms with Crippen molar-refractivity contribution in [2.45, 2.75) is 0 Å². The summed E-state index contributed by atoms with van der Waals surface area (Å²) in [7, 11) is 0. The van der Waals surface area contributed by atoms with Crippen LogP contribution in [0.25, 0.3) is 11.1 Å². The zero-order valence-corrected chi connectivity index (χ0v) is 7.88. The molecule has 15 heavy (non-hydrogen) atoms. The van der Waals surface area contributed by atoms with Crippen molar-refractivity contribution < 1.29 is 5.11 Å². The molecule has 0 saturated carbocycles. The summed E-state index contributed by atoms with van der Waals surface area (Å²) in [5.74, 6) is -0.0637. The van der Waals surface area contributed by atoms with Gasteiger partial charge in [-0.1, -0.05) is 30.3 Å². The number of aromatic hydroxyl groups is 1. The Morgan fingerprint density at radius 2 is 1.87 bits per heavy atom. The normalized spacial score (nSPS) is 9.53. The fourth-order valence-electron chi connectivity index (χ4n) is 1.39. The number of benzene rings is 1. The maximum absolute atomic E-state index is 9.76. The Balaban J connectivity index is 2.61. The molecule has 0 fully saturated rings. The Hall–Kier alpha value is -2.34. The lowest BCUT2D eigenvalue weighted by Crippen LogP contribution is -1.86. The molecule has 0 spiro atoms. The molecule has 0 atom stereocenters. The number of nitrogens with zero attached hydrogens (tertiary/aromatic N) is 2. The van der Waals surface area contributed by atoms with Gasteiger partial charge in [0, 0.05) is 11.8 Å². The summed E-state index contributed by atoms with van der Waals surface area (Å²) in [4.78, 5) is 3.77. The molecule has 0 aliphatic heterocycles. The van der Waals surface area contributed by atoms with Crippen LogP contribution in [0.4, 0.5) is 0 Å². The highest BCUT2D eigenvalue weighted by Crippen LogP contribution is 2.29. The maximum Gasteiger partial charge on any atom is 0.182 e. The average Bonchev–Trinajstić information content (AvgIpc) is 2.30. The number of aromatic nitrogens is 1. The van der Waals surface area contributed by atoms with Crippen LogP contribution in [0.1, 0.15) is 5.69 Å². The third-order valence-corrected chi connectivity index (χ3v) is 2.11. The molecule has 1 aromatic heterocycles. The minimum atomic E-state index is -0.0637. The molecule has 0 aliphatic carbocycles. The summed E-state index contributed by atoms with van der Waals surface area (Å²) < 4.78 is 0. The minimum Gasteiger partial charge on any atom is -0.504 e. The summed E-state index contributed by atoms with van der Waals surface area (Å²) in [6, 6.07) is 12.9. The Labute approximate surface area is 87.3 Å². The number of nitriles is 1. The molecule has 2 aromatic rings. The highest BCUT2D eigenvalue weighted by atomic mass is 16.3. The average molecular weight is 196 g/mol. The molecule has 0 saturated heterocycles. The third kappa shape index (κ3) is 1.65. The minimum absolute atomic E-state index is 0.0522. The van der Waals surface area contributed by atoms with Crippen LogP contribution in [0.2, 0.25) is 0 Å². The second-order valence-corrected chi connectivity index (χ2v) is 3.03. The van der Waals surface area contributed by atoms with Crippen LogP contribution in [0.15, 0.2) is 42.6 Å². The molecule has 0 bridgehead atoms. The predicted molar refractivity (Wildman–Crippen MR) is 56.1 cm³/mol. The molecule has 0 unspecified atom stereocenters. The quantitative estimate of drug-likeness (QED) is 0.761.